The van der Waals surface area contributed by atoms with Crippen molar-refractivity contribution in [1.82, 2.24) is 9.78 Å². The molecule has 0 aliphatic carbocycles. The Kier molecular flexibility index (Phi) is 4.82. The summed E-state index contributed by atoms with van der Waals surface area (Å²) in [6, 6.07) is 16.2. The molecular weight excluding hydrogens is 326 g/mol. The van der Waals surface area contributed by atoms with Crippen LogP contribution in [0.4, 0.5) is 5.82 Å². The van der Waals surface area contributed by atoms with E-state index in [2.05, 4.69) is 10.4 Å². The van der Waals surface area contributed by atoms with Gasteiger partial charge in [0, 0.05) is 29.9 Å². The van der Waals surface area contributed by atoms with Gasteiger partial charge >= 0.3 is 0 Å². The monoisotopic (exact) mass is 341 g/mol. The van der Waals surface area contributed by atoms with E-state index in [1.165, 1.54) is 0 Å². The highest BCUT2D eigenvalue weighted by Crippen LogP contribution is 2.18. The Bertz CT molecular complexity index is 843. The molecule has 1 amide bonds. The van der Waals surface area contributed by atoms with Gasteiger partial charge in [0.1, 0.15) is 12.4 Å². The highest BCUT2D eigenvalue weighted by atomic mass is 35.5. The lowest BCUT2D eigenvalue weighted by Crippen LogP contribution is -2.12. The van der Waals surface area contributed by atoms with Crippen molar-refractivity contribution in [3.05, 3.63) is 76.9 Å². The van der Waals surface area contributed by atoms with E-state index >= 15 is 0 Å². The second-order valence-electron chi connectivity index (χ2n) is 5.27. The summed E-state index contributed by atoms with van der Waals surface area (Å²) in [5, 5.41) is 7.50. The third kappa shape index (κ3) is 4.14. The lowest BCUT2D eigenvalue weighted by atomic mass is 10.1. The Hall–Kier alpha value is -2.79. The Labute approximate surface area is 144 Å². The first-order valence-electron chi connectivity index (χ1n) is 7.38. The number of anilines is 1. The Balaban J connectivity index is 1.59. The van der Waals surface area contributed by atoms with Gasteiger partial charge < -0.3 is 10.1 Å². The number of rotatable bonds is 5. The smallest absolute Gasteiger partial charge is 0.256 e. The molecule has 6 heteroatoms. The van der Waals surface area contributed by atoms with Crippen molar-refractivity contribution in [2.24, 2.45) is 7.05 Å². The molecule has 0 atom stereocenters. The van der Waals surface area contributed by atoms with Crippen molar-refractivity contribution in [2.75, 3.05) is 5.32 Å². The number of aryl methyl sites for hydroxylation is 1. The van der Waals surface area contributed by atoms with Gasteiger partial charge in [-0.3, -0.25) is 9.48 Å². The fourth-order valence-corrected chi connectivity index (χ4v) is 2.33. The summed E-state index contributed by atoms with van der Waals surface area (Å²) < 4.78 is 7.30. The summed E-state index contributed by atoms with van der Waals surface area (Å²) in [7, 11) is 1.80. The van der Waals surface area contributed by atoms with Gasteiger partial charge in [-0.2, -0.15) is 5.10 Å². The van der Waals surface area contributed by atoms with Gasteiger partial charge in [0.25, 0.3) is 5.91 Å². The number of ether oxygens (including phenoxy) is 1. The maximum Gasteiger partial charge on any atom is 0.256 e. The fraction of sp³-hybridized carbons (Fsp3) is 0.111. The molecule has 1 N–H and O–H groups in total. The van der Waals surface area contributed by atoms with Crippen molar-refractivity contribution in [3.63, 3.8) is 0 Å². The predicted octanol–water partition coefficient (Wildman–Crippen LogP) is 3.90. The van der Waals surface area contributed by atoms with Gasteiger partial charge in [0.2, 0.25) is 0 Å². The number of amides is 1. The number of halogens is 1. The summed E-state index contributed by atoms with van der Waals surface area (Å²) >= 11 is 5.92. The first-order chi connectivity index (χ1) is 11.6. The second-order valence-corrected chi connectivity index (χ2v) is 5.71. The molecular formula is C18H16ClN3O2. The van der Waals surface area contributed by atoms with Crippen LogP contribution >= 0.6 is 11.6 Å². The van der Waals surface area contributed by atoms with E-state index in [0.717, 1.165) is 5.56 Å². The topological polar surface area (TPSA) is 56.2 Å². The first kappa shape index (κ1) is 16.1. The van der Waals surface area contributed by atoms with Crippen LogP contribution in [0.1, 0.15) is 15.9 Å². The van der Waals surface area contributed by atoms with E-state index in [1.54, 1.807) is 48.3 Å². The molecule has 0 fully saturated rings. The molecule has 3 rings (SSSR count). The van der Waals surface area contributed by atoms with Crippen LogP contribution in [0.5, 0.6) is 5.75 Å². The molecule has 3 aromatic rings. The summed E-state index contributed by atoms with van der Waals surface area (Å²) in [4.78, 5) is 12.1. The number of hydrogen-bond donors (Lipinski definition) is 1. The van der Waals surface area contributed by atoms with Crippen LogP contribution in [-0.2, 0) is 13.7 Å². The summed E-state index contributed by atoms with van der Waals surface area (Å²) in [5.41, 5.74) is 1.52. The fourth-order valence-electron chi connectivity index (χ4n) is 2.15. The normalized spacial score (nSPS) is 10.4. The zero-order chi connectivity index (χ0) is 16.9. The second kappa shape index (κ2) is 7.19. The number of benzene rings is 2. The minimum atomic E-state index is -0.198. The van der Waals surface area contributed by atoms with Crippen molar-refractivity contribution in [2.45, 2.75) is 6.61 Å². The Morgan fingerprint density at radius 3 is 2.67 bits per heavy atom. The van der Waals surface area contributed by atoms with Gasteiger partial charge in [-0.25, -0.2) is 0 Å². The minimum Gasteiger partial charge on any atom is -0.489 e. The van der Waals surface area contributed by atoms with Crippen LogP contribution in [0.3, 0.4) is 0 Å². The van der Waals surface area contributed by atoms with E-state index in [4.69, 9.17) is 16.3 Å². The van der Waals surface area contributed by atoms with Crippen molar-refractivity contribution < 1.29 is 9.53 Å². The van der Waals surface area contributed by atoms with Crippen molar-refractivity contribution in [1.29, 1.82) is 0 Å². The number of carbonyl (C=O) groups is 1. The predicted molar refractivity (Wildman–Crippen MR) is 93.4 cm³/mol. The number of nitrogens with one attached hydrogen (secondary N) is 1. The van der Waals surface area contributed by atoms with E-state index < -0.39 is 0 Å². The molecule has 0 aliphatic heterocycles. The standard InChI is InChI=1S/C18H16ClN3O2/c1-22-10-9-17(21-22)20-18(23)14-7-5-13(6-8-14)12-24-16-4-2-3-15(19)11-16/h2-11H,12H2,1H3,(H,20,21,23). The van der Waals surface area contributed by atoms with Gasteiger partial charge in [0.15, 0.2) is 5.82 Å². The first-order valence-corrected chi connectivity index (χ1v) is 7.76. The number of aromatic nitrogens is 2. The number of nitrogens with zero attached hydrogens (tertiary/aromatic N) is 2. The molecule has 0 bridgehead atoms. The third-order valence-corrected chi connectivity index (χ3v) is 3.61. The molecule has 0 aliphatic rings. The number of carbonyl (C=O) groups excluding carboxylic acids is 1. The Morgan fingerprint density at radius 2 is 2.00 bits per heavy atom. The molecule has 0 saturated heterocycles. The molecule has 0 unspecified atom stereocenters. The SMILES string of the molecule is Cn1ccc(NC(=O)c2ccc(COc3cccc(Cl)c3)cc2)n1. The van der Waals surface area contributed by atoms with E-state index in [1.807, 2.05) is 24.3 Å². The van der Waals surface area contributed by atoms with E-state index in [0.29, 0.717) is 28.8 Å². The lowest BCUT2D eigenvalue weighted by Gasteiger charge is -2.07. The zero-order valence-corrected chi connectivity index (χ0v) is 13.8. The van der Waals surface area contributed by atoms with Crippen LogP contribution in [0, 0.1) is 0 Å². The minimum absolute atomic E-state index is 0.198. The van der Waals surface area contributed by atoms with Gasteiger partial charge in [-0.05, 0) is 35.9 Å². The van der Waals surface area contributed by atoms with Gasteiger partial charge in [-0.1, -0.05) is 29.8 Å². The van der Waals surface area contributed by atoms with Crippen LogP contribution < -0.4 is 10.1 Å². The van der Waals surface area contributed by atoms with Crippen molar-refractivity contribution >= 4 is 23.3 Å². The highest BCUT2D eigenvalue weighted by molar-refractivity contribution is 6.30. The molecule has 0 saturated carbocycles. The maximum atomic E-state index is 12.1. The zero-order valence-electron chi connectivity index (χ0n) is 13.1. The average molecular weight is 342 g/mol. The van der Waals surface area contributed by atoms with Crippen LogP contribution in [0.2, 0.25) is 5.02 Å². The molecule has 5 nitrogen and oxygen atoms in total. The molecule has 24 heavy (non-hydrogen) atoms. The summed E-state index contributed by atoms with van der Waals surface area (Å²) in [6.07, 6.45) is 1.77. The van der Waals surface area contributed by atoms with E-state index in [9.17, 15) is 4.79 Å². The van der Waals surface area contributed by atoms with E-state index in [-0.39, 0.29) is 5.91 Å². The molecule has 1 heterocycles. The van der Waals surface area contributed by atoms with Crippen molar-refractivity contribution in [3.8, 4) is 5.75 Å². The molecule has 0 radical (unpaired) electrons. The third-order valence-electron chi connectivity index (χ3n) is 3.37. The van der Waals surface area contributed by atoms with Crippen LogP contribution in [-0.4, -0.2) is 15.7 Å². The average Bonchev–Trinajstić information content (AvgIpc) is 2.98. The maximum absolute atomic E-state index is 12.1. The summed E-state index contributed by atoms with van der Waals surface area (Å²) in [6.45, 7) is 0.405. The molecule has 0 spiro atoms. The Morgan fingerprint density at radius 1 is 1.21 bits per heavy atom. The quantitative estimate of drug-likeness (QED) is 0.765. The molecule has 1 aromatic heterocycles. The lowest BCUT2D eigenvalue weighted by molar-refractivity contribution is 0.102. The number of hydrogen-bond acceptors (Lipinski definition) is 3. The summed E-state index contributed by atoms with van der Waals surface area (Å²) in [5.74, 6) is 1.03. The molecule has 122 valence electrons. The molecule has 2 aromatic carbocycles. The van der Waals surface area contributed by atoms with Gasteiger partial charge in [0.05, 0.1) is 0 Å². The van der Waals surface area contributed by atoms with Crippen LogP contribution in [0.15, 0.2) is 60.8 Å². The van der Waals surface area contributed by atoms with Crippen LogP contribution in [0.25, 0.3) is 0 Å². The van der Waals surface area contributed by atoms with Gasteiger partial charge in [-0.15, -0.1) is 0 Å². The largest absolute Gasteiger partial charge is 0.489 e. The highest BCUT2D eigenvalue weighted by Gasteiger charge is 2.07.